The molecule has 0 saturated heterocycles. The predicted octanol–water partition coefficient (Wildman–Crippen LogP) is 4.22. The summed E-state index contributed by atoms with van der Waals surface area (Å²) in [6, 6.07) is 15.7. The molecule has 6 amide bonds. The number of hydrogen-bond donors (Lipinski definition) is 4. The van der Waals surface area contributed by atoms with Crippen LogP contribution in [0.3, 0.4) is 0 Å². The van der Waals surface area contributed by atoms with E-state index in [0.717, 1.165) is 5.56 Å². The van der Waals surface area contributed by atoms with Crippen molar-refractivity contribution in [1.29, 1.82) is 0 Å². The molecule has 10 nitrogen and oxygen atoms in total. The molecular weight excluding hydrogens is 512 g/mol. The second kappa shape index (κ2) is 13.1. The molecule has 210 valence electrons. The number of carbonyl (C=O) groups excluding carboxylic acids is 6. The van der Waals surface area contributed by atoms with Crippen LogP contribution < -0.4 is 21.3 Å². The Hall–Kier alpha value is -5.12. The normalized spacial score (nSPS) is 12.5. The first-order valence-corrected chi connectivity index (χ1v) is 13.0. The molecule has 0 unspecified atom stereocenters. The molecule has 2 aliphatic rings. The van der Waals surface area contributed by atoms with Gasteiger partial charge in [-0.2, -0.15) is 0 Å². The van der Waals surface area contributed by atoms with E-state index in [1.807, 2.05) is 39.8 Å². The van der Waals surface area contributed by atoms with Gasteiger partial charge in [-0.25, -0.2) is 0 Å². The second-order valence-electron chi connectivity index (χ2n) is 8.24. The van der Waals surface area contributed by atoms with Gasteiger partial charge in [0.25, 0.3) is 35.4 Å². The fourth-order valence-corrected chi connectivity index (χ4v) is 4.00. The number of fused-ring (bicyclic) bond motifs is 2. The Bertz CT molecular complexity index is 1510. The summed E-state index contributed by atoms with van der Waals surface area (Å²) in [7, 11) is 0. The van der Waals surface area contributed by atoms with Gasteiger partial charge in [-0.1, -0.05) is 39.8 Å². The molecule has 0 radical (unpaired) electrons. The van der Waals surface area contributed by atoms with Crippen molar-refractivity contribution in [3.05, 3.63) is 99.6 Å². The van der Waals surface area contributed by atoms with Gasteiger partial charge in [0.2, 0.25) is 0 Å². The van der Waals surface area contributed by atoms with Crippen LogP contribution in [0.5, 0.6) is 0 Å². The molecule has 0 bridgehead atoms. The van der Waals surface area contributed by atoms with E-state index in [1.165, 1.54) is 36.4 Å². The third-order valence-corrected chi connectivity index (χ3v) is 5.91. The number of hydrogen-bond acceptors (Lipinski definition) is 6. The molecule has 2 heterocycles. The van der Waals surface area contributed by atoms with Gasteiger partial charge >= 0.3 is 0 Å². The zero-order chi connectivity index (χ0) is 29.4. The molecule has 0 aliphatic carbocycles. The fraction of sp³-hybridized carbons (Fsp3) is 0.200. The lowest BCUT2D eigenvalue weighted by Gasteiger charge is -2.09. The molecule has 0 fully saturated rings. The highest BCUT2D eigenvalue weighted by Crippen LogP contribution is 2.19. The highest BCUT2D eigenvalue weighted by Gasteiger charge is 2.28. The SMILES string of the molecule is CC.CC.O=C(NCCc1ccc(NC(=O)c2ccc3c(c2)C(=O)NC3=O)cc1)c1ccc2c(c1)C(=O)NC2=O.[HH].[HH]. The van der Waals surface area contributed by atoms with Crippen molar-refractivity contribution in [1.82, 2.24) is 16.0 Å². The minimum atomic E-state index is -0.530. The van der Waals surface area contributed by atoms with Gasteiger partial charge in [-0.05, 0) is 60.5 Å². The quantitative estimate of drug-likeness (QED) is 0.340. The highest BCUT2D eigenvalue weighted by atomic mass is 16.2. The van der Waals surface area contributed by atoms with Crippen LogP contribution in [0.4, 0.5) is 5.69 Å². The molecule has 2 aliphatic heterocycles. The third kappa shape index (κ3) is 6.29. The average molecular weight is 547 g/mol. The zero-order valence-electron chi connectivity index (χ0n) is 22.6. The highest BCUT2D eigenvalue weighted by molar-refractivity contribution is 6.23. The fourth-order valence-electron chi connectivity index (χ4n) is 4.00. The van der Waals surface area contributed by atoms with Crippen molar-refractivity contribution in [2.75, 3.05) is 11.9 Å². The van der Waals surface area contributed by atoms with Crippen LogP contribution in [0.2, 0.25) is 0 Å². The van der Waals surface area contributed by atoms with Gasteiger partial charge < -0.3 is 10.6 Å². The maximum atomic E-state index is 12.6. The number of anilines is 1. The molecule has 0 atom stereocenters. The minimum Gasteiger partial charge on any atom is -0.352 e. The summed E-state index contributed by atoms with van der Waals surface area (Å²) in [5, 5.41) is 9.90. The Morgan fingerprint density at radius 2 is 1.07 bits per heavy atom. The van der Waals surface area contributed by atoms with Gasteiger partial charge in [0.15, 0.2) is 0 Å². The lowest BCUT2D eigenvalue weighted by Crippen LogP contribution is -2.26. The van der Waals surface area contributed by atoms with E-state index < -0.39 is 29.5 Å². The summed E-state index contributed by atoms with van der Waals surface area (Å²) in [5.74, 6) is -2.79. The van der Waals surface area contributed by atoms with Gasteiger partial charge in [0.05, 0.1) is 22.3 Å². The zero-order valence-corrected chi connectivity index (χ0v) is 22.6. The average Bonchev–Trinajstić information content (AvgIpc) is 3.44. The van der Waals surface area contributed by atoms with Crippen LogP contribution in [0, 0.1) is 0 Å². The Morgan fingerprint density at radius 1 is 0.625 bits per heavy atom. The topological polar surface area (TPSA) is 151 Å². The predicted molar refractivity (Wildman–Crippen MR) is 154 cm³/mol. The van der Waals surface area contributed by atoms with Crippen molar-refractivity contribution < 1.29 is 31.6 Å². The van der Waals surface area contributed by atoms with E-state index in [0.29, 0.717) is 18.7 Å². The first-order chi connectivity index (χ1) is 19.3. The number of carbonyl (C=O) groups is 6. The van der Waals surface area contributed by atoms with E-state index in [9.17, 15) is 28.8 Å². The molecule has 4 N–H and O–H groups in total. The van der Waals surface area contributed by atoms with E-state index in [2.05, 4.69) is 21.3 Å². The second-order valence-corrected chi connectivity index (χ2v) is 8.24. The molecule has 40 heavy (non-hydrogen) atoms. The van der Waals surface area contributed by atoms with E-state index >= 15 is 0 Å². The third-order valence-electron chi connectivity index (χ3n) is 5.91. The van der Waals surface area contributed by atoms with Crippen molar-refractivity contribution in [3.63, 3.8) is 0 Å². The largest absolute Gasteiger partial charge is 0.352 e. The molecular formula is C30H34N4O6. The number of imide groups is 2. The summed E-state index contributed by atoms with van der Waals surface area (Å²) in [5.41, 5.74) is 2.83. The maximum Gasteiger partial charge on any atom is 0.258 e. The van der Waals surface area contributed by atoms with E-state index in [-0.39, 0.29) is 42.1 Å². The van der Waals surface area contributed by atoms with E-state index in [1.54, 1.807) is 12.1 Å². The number of amides is 6. The molecule has 3 aromatic carbocycles. The molecule has 3 aromatic rings. The van der Waals surface area contributed by atoms with Crippen LogP contribution in [0.25, 0.3) is 0 Å². The van der Waals surface area contributed by atoms with Crippen LogP contribution in [-0.2, 0) is 6.42 Å². The van der Waals surface area contributed by atoms with Crippen LogP contribution in [0.1, 0.15) is 98.3 Å². The monoisotopic (exact) mass is 546 g/mol. The summed E-state index contributed by atoms with van der Waals surface area (Å²) >= 11 is 0. The van der Waals surface area contributed by atoms with Gasteiger partial charge in [0, 0.05) is 26.2 Å². The summed E-state index contributed by atoms with van der Waals surface area (Å²) < 4.78 is 0. The molecule has 5 rings (SSSR count). The lowest BCUT2D eigenvalue weighted by atomic mass is 10.0. The molecule has 0 aromatic heterocycles. The van der Waals surface area contributed by atoms with Crippen LogP contribution >= 0.6 is 0 Å². The lowest BCUT2D eigenvalue weighted by molar-refractivity contribution is 0.0863. The van der Waals surface area contributed by atoms with Gasteiger partial charge in [-0.3, -0.25) is 39.4 Å². The van der Waals surface area contributed by atoms with Crippen molar-refractivity contribution in [3.8, 4) is 0 Å². The van der Waals surface area contributed by atoms with Crippen LogP contribution in [-0.4, -0.2) is 42.0 Å². The molecule has 10 heteroatoms. The summed E-state index contributed by atoms with van der Waals surface area (Å²) in [6.07, 6.45) is 0.526. The van der Waals surface area contributed by atoms with E-state index in [4.69, 9.17) is 0 Å². The van der Waals surface area contributed by atoms with Crippen molar-refractivity contribution in [2.24, 2.45) is 0 Å². The first kappa shape index (κ1) is 29.4. The number of nitrogens with one attached hydrogen (secondary N) is 4. The molecule has 0 saturated carbocycles. The summed E-state index contributed by atoms with van der Waals surface area (Å²) in [4.78, 5) is 71.8. The standard InChI is InChI=1S/C26H18N4O6.2C2H6.2H2/c31-21(14-3-7-17-19(11-14)25(35)29-23(17)33)27-10-9-13-1-5-16(6-2-13)28-22(32)15-4-8-18-20(12-15)26(36)30-24(18)34;2*1-2;;/h1-8,11-12H,9-10H2,(H,27,31)(H,28,32)(H,29,33,35)(H,30,34,36);2*1-2H3;2*1H. The van der Waals surface area contributed by atoms with Gasteiger partial charge in [0.1, 0.15) is 0 Å². The first-order valence-electron chi connectivity index (χ1n) is 13.0. The maximum absolute atomic E-state index is 12.6. The molecule has 0 spiro atoms. The van der Waals surface area contributed by atoms with Crippen molar-refractivity contribution >= 4 is 41.1 Å². The Kier molecular flexibility index (Phi) is 9.64. The summed E-state index contributed by atoms with van der Waals surface area (Å²) in [6.45, 7) is 8.34. The number of benzene rings is 3. The Labute approximate surface area is 234 Å². The van der Waals surface area contributed by atoms with Gasteiger partial charge in [-0.15, -0.1) is 0 Å². The van der Waals surface area contributed by atoms with Crippen LogP contribution in [0.15, 0.2) is 60.7 Å². The Balaban J connectivity index is 0.00000141. The Morgan fingerprint density at radius 3 is 1.57 bits per heavy atom. The van der Waals surface area contributed by atoms with Crippen molar-refractivity contribution in [2.45, 2.75) is 34.1 Å². The number of rotatable bonds is 6. The smallest absolute Gasteiger partial charge is 0.258 e. The minimum absolute atomic E-state index is 0.